The van der Waals surface area contributed by atoms with Gasteiger partial charge in [0.1, 0.15) is 17.6 Å². The largest absolute Gasteiger partial charge is 0.298 e. The molecule has 1 atom stereocenters. The maximum atomic E-state index is 13.1. The summed E-state index contributed by atoms with van der Waals surface area (Å²) in [5.74, 6) is -3.67. The fraction of sp³-hybridized carbons (Fsp3) is 0.200. The van der Waals surface area contributed by atoms with Gasteiger partial charge in [0.15, 0.2) is 5.78 Å². The van der Waals surface area contributed by atoms with Crippen LogP contribution in [-0.2, 0) is 4.79 Å². The summed E-state index contributed by atoms with van der Waals surface area (Å²) in [6.45, 7) is 1.12. The minimum atomic E-state index is -1.36. The van der Waals surface area contributed by atoms with Crippen LogP contribution in [0.4, 0.5) is 8.78 Å². The van der Waals surface area contributed by atoms with E-state index in [4.69, 9.17) is 5.26 Å². The molecule has 0 aliphatic carbocycles. The van der Waals surface area contributed by atoms with Crippen LogP contribution in [0.25, 0.3) is 0 Å². The van der Waals surface area contributed by atoms with Crippen molar-refractivity contribution in [2.45, 2.75) is 12.8 Å². The van der Waals surface area contributed by atoms with Gasteiger partial charge in [0.05, 0.1) is 6.07 Å². The summed E-state index contributed by atoms with van der Waals surface area (Å²) >= 11 is 0. The smallest absolute Gasteiger partial charge is 0.151 e. The van der Waals surface area contributed by atoms with E-state index in [1.54, 1.807) is 6.07 Å². The average Bonchev–Trinajstić information content (AvgIpc) is 2.10. The molecule has 0 bridgehead atoms. The molecule has 0 fully saturated rings. The molecule has 0 saturated heterocycles. The molecule has 1 unspecified atom stereocenters. The second-order valence-corrected chi connectivity index (χ2v) is 2.81. The van der Waals surface area contributed by atoms with Crippen molar-refractivity contribution < 1.29 is 13.6 Å². The van der Waals surface area contributed by atoms with E-state index in [9.17, 15) is 13.6 Å². The van der Waals surface area contributed by atoms with Gasteiger partial charge in [0.25, 0.3) is 0 Å². The molecule has 2 nitrogen and oxygen atoms in total. The van der Waals surface area contributed by atoms with Crippen LogP contribution < -0.4 is 0 Å². The molecule has 0 amide bonds. The highest BCUT2D eigenvalue weighted by molar-refractivity contribution is 5.86. The first-order valence-corrected chi connectivity index (χ1v) is 3.92. The molecule has 0 spiro atoms. The van der Waals surface area contributed by atoms with E-state index in [0.29, 0.717) is 0 Å². The van der Waals surface area contributed by atoms with E-state index in [0.717, 1.165) is 19.1 Å². The van der Waals surface area contributed by atoms with Crippen LogP contribution >= 0.6 is 0 Å². The molecule has 0 heterocycles. The number of rotatable bonds is 2. The second-order valence-electron chi connectivity index (χ2n) is 2.81. The first-order chi connectivity index (χ1) is 6.57. The average molecular weight is 195 g/mol. The Balaban J connectivity index is 3.31. The lowest BCUT2D eigenvalue weighted by atomic mass is 9.96. The number of carbonyl (C=O) groups is 1. The van der Waals surface area contributed by atoms with Gasteiger partial charge in [-0.05, 0) is 19.1 Å². The fourth-order valence-electron chi connectivity index (χ4n) is 1.15. The van der Waals surface area contributed by atoms with Crippen molar-refractivity contribution in [2.75, 3.05) is 0 Å². The molecule has 0 aliphatic rings. The molecule has 4 heteroatoms. The second kappa shape index (κ2) is 3.97. The lowest BCUT2D eigenvalue weighted by Crippen LogP contribution is -2.10. The number of carbonyl (C=O) groups excluding carboxylic acids is 1. The predicted octanol–water partition coefficient (Wildman–Crippen LogP) is 2.16. The van der Waals surface area contributed by atoms with Crippen molar-refractivity contribution in [3.8, 4) is 6.07 Å². The molecule has 1 aromatic carbocycles. The molecule has 72 valence electrons. The molecule has 0 aliphatic heterocycles. The van der Waals surface area contributed by atoms with Gasteiger partial charge in [-0.15, -0.1) is 0 Å². The zero-order valence-electron chi connectivity index (χ0n) is 7.42. The number of nitriles is 1. The standard InChI is InChI=1S/C10H7F2NO/c1-6(14)7(5-13)10-8(11)3-2-4-9(10)12/h2-4,7H,1H3. The lowest BCUT2D eigenvalue weighted by Gasteiger charge is -2.07. The van der Waals surface area contributed by atoms with Gasteiger partial charge < -0.3 is 0 Å². The third kappa shape index (κ3) is 1.77. The molecule has 14 heavy (non-hydrogen) atoms. The molecular formula is C10H7F2NO. The van der Waals surface area contributed by atoms with Gasteiger partial charge in [-0.2, -0.15) is 5.26 Å². The van der Waals surface area contributed by atoms with Crippen LogP contribution in [0.2, 0.25) is 0 Å². The third-order valence-electron chi connectivity index (χ3n) is 1.82. The van der Waals surface area contributed by atoms with Crippen LogP contribution in [0.5, 0.6) is 0 Å². The summed E-state index contributed by atoms with van der Waals surface area (Å²) in [6.07, 6.45) is 0. The fourth-order valence-corrected chi connectivity index (χ4v) is 1.15. The SMILES string of the molecule is CC(=O)C(C#N)c1c(F)cccc1F. The van der Waals surface area contributed by atoms with Crippen molar-refractivity contribution >= 4 is 5.78 Å². The van der Waals surface area contributed by atoms with Gasteiger partial charge in [0.2, 0.25) is 0 Å². The minimum absolute atomic E-state index is 0.470. The van der Waals surface area contributed by atoms with Gasteiger partial charge in [-0.25, -0.2) is 8.78 Å². The Morgan fingerprint density at radius 3 is 2.29 bits per heavy atom. The Hall–Kier alpha value is -1.76. The summed E-state index contributed by atoms with van der Waals surface area (Å²) < 4.78 is 26.2. The van der Waals surface area contributed by atoms with E-state index in [2.05, 4.69) is 0 Å². The number of benzene rings is 1. The van der Waals surface area contributed by atoms with Gasteiger partial charge in [-0.1, -0.05) is 6.07 Å². The highest BCUT2D eigenvalue weighted by Gasteiger charge is 2.23. The topological polar surface area (TPSA) is 40.9 Å². The molecular weight excluding hydrogens is 188 g/mol. The van der Waals surface area contributed by atoms with Crippen LogP contribution in [0, 0.1) is 23.0 Å². The summed E-state index contributed by atoms with van der Waals surface area (Å²) in [6, 6.07) is 4.79. The van der Waals surface area contributed by atoms with E-state index < -0.39 is 28.9 Å². The van der Waals surface area contributed by atoms with Crippen LogP contribution in [0.1, 0.15) is 18.4 Å². The highest BCUT2D eigenvalue weighted by Crippen LogP contribution is 2.22. The Morgan fingerprint density at radius 2 is 1.93 bits per heavy atom. The monoisotopic (exact) mass is 195 g/mol. The molecule has 1 aromatic rings. The summed E-state index contributed by atoms with van der Waals surface area (Å²) in [5.41, 5.74) is -0.470. The normalized spacial score (nSPS) is 11.9. The number of Topliss-reactive ketones (excluding diaryl/α,β-unsaturated/α-hetero) is 1. The van der Waals surface area contributed by atoms with Crippen LogP contribution in [-0.4, -0.2) is 5.78 Å². The van der Waals surface area contributed by atoms with Crippen molar-refractivity contribution in [1.29, 1.82) is 5.26 Å². The first kappa shape index (κ1) is 10.3. The van der Waals surface area contributed by atoms with Gasteiger partial charge in [0, 0.05) is 5.56 Å². The van der Waals surface area contributed by atoms with Gasteiger partial charge in [-0.3, -0.25) is 4.79 Å². The number of nitrogens with zero attached hydrogens (tertiary/aromatic N) is 1. The molecule has 0 radical (unpaired) electrons. The van der Waals surface area contributed by atoms with Crippen molar-refractivity contribution in [1.82, 2.24) is 0 Å². The number of hydrogen-bond acceptors (Lipinski definition) is 2. The molecule has 0 N–H and O–H groups in total. The minimum Gasteiger partial charge on any atom is -0.298 e. The maximum Gasteiger partial charge on any atom is 0.151 e. The van der Waals surface area contributed by atoms with E-state index in [1.807, 2.05) is 0 Å². The number of hydrogen-bond donors (Lipinski definition) is 0. The molecule has 1 rings (SSSR count). The Kier molecular flexibility index (Phi) is 2.92. The van der Waals surface area contributed by atoms with Crippen molar-refractivity contribution in [3.05, 3.63) is 35.4 Å². The van der Waals surface area contributed by atoms with Crippen molar-refractivity contribution in [2.24, 2.45) is 0 Å². The predicted molar refractivity (Wildman–Crippen MR) is 45.4 cm³/mol. The maximum absolute atomic E-state index is 13.1. The number of ketones is 1. The van der Waals surface area contributed by atoms with E-state index in [-0.39, 0.29) is 0 Å². The number of halogens is 2. The Morgan fingerprint density at radius 1 is 1.43 bits per heavy atom. The first-order valence-electron chi connectivity index (χ1n) is 3.92. The zero-order chi connectivity index (χ0) is 10.7. The summed E-state index contributed by atoms with van der Waals surface area (Å²) in [7, 11) is 0. The molecule has 0 saturated carbocycles. The summed E-state index contributed by atoms with van der Waals surface area (Å²) in [4.78, 5) is 10.9. The van der Waals surface area contributed by atoms with E-state index >= 15 is 0 Å². The Labute approximate surface area is 79.8 Å². The summed E-state index contributed by atoms with van der Waals surface area (Å²) in [5, 5.41) is 8.59. The van der Waals surface area contributed by atoms with E-state index in [1.165, 1.54) is 6.07 Å². The zero-order valence-corrected chi connectivity index (χ0v) is 7.42. The van der Waals surface area contributed by atoms with Gasteiger partial charge >= 0.3 is 0 Å². The van der Waals surface area contributed by atoms with Crippen LogP contribution in [0.15, 0.2) is 18.2 Å². The Bertz CT molecular complexity index is 389. The highest BCUT2D eigenvalue weighted by atomic mass is 19.1. The molecule has 0 aromatic heterocycles. The van der Waals surface area contributed by atoms with Crippen LogP contribution in [0.3, 0.4) is 0 Å². The third-order valence-corrected chi connectivity index (χ3v) is 1.82. The van der Waals surface area contributed by atoms with Crippen molar-refractivity contribution in [3.63, 3.8) is 0 Å². The quantitative estimate of drug-likeness (QED) is 0.725. The lowest BCUT2D eigenvalue weighted by molar-refractivity contribution is -0.117.